The molecule has 27 heavy (non-hydrogen) atoms. The molecule has 8 nitrogen and oxygen atoms in total. The first-order chi connectivity index (χ1) is 13.0. The lowest BCUT2D eigenvalue weighted by molar-refractivity contribution is -0.211. The van der Waals surface area contributed by atoms with Gasteiger partial charge in [-0.2, -0.15) is 0 Å². The zero-order chi connectivity index (χ0) is 19.8. The van der Waals surface area contributed by atoms with Crippen molar-refractivity contribution in [3.8, 4) is 0 Å². The number of hydrogen-bond donors (Lipinski definition) is 3. The molecule has 1 amide bonds. The number of benzene rings is 1. The smallest absolute Gasteiger partial charge is 0.329 e. The average molecular weight is 378 g/mol. The zero-order valence-corrected chi connectivity index (χ0v) is 15.3. The van der Waals surface area contributed by atoms with Crippen LogP contribution in [0.4, 0.5) is 0 Å². The molecule has 2 rings (SSSR count). The second-order valence-electron chi connectivity index (χ2n) is 6.66. The van der Waals surface area contributed by atoms with Gasteiger partial charge in [-0.25, -0.2) is 5.48 Å². The Morgan fingerprint density at radius 1 is 1.19 bits per heavy atom. The van der Waals surface area contributed by atoms with Gasteiger partial charge in [-0.05, 0) is 25.3 Å². The van der Waals surface area contributed by atoms with E-state index >= 15 is 0 Å². The van der Waals surface area contributed by atoms with E-state index in [0.29, 0.717) is 12.8 Å². The lowest BCUT2D eigenvalue weighted by atomic mass is 9.79. The van der Waals surface area contributed by atoms with Crippen molar-refractivity contribution in [2.24, 2.45) is 11.8 Å². The molecule has 3 N–H and O–H groups in total. The Morgan fingerprint density at radius 3 is 2.37 bits per heavy atom. The summed E-state index contributed by atoms with van der Waals surface area (Å²) in [5.74, 6) is -3.86. The standard InChI is InChI=1S/C19H26N2O6/c1-2-21(16(17(22)20-26)12-13-8-4-3-5-9-13)27-19(25)15-11-7-6-10-14(15)18(23)24/h3-5,8-9,14-16,26H,2,6-7,10-12H2,1H3,(H,20,22)(H,23,24)/t14-,15-,16?/m1/s1. The second-order valence-corrected chi connectivity index (χ2v) is 6.66. The second kappa shape index (κ2) is 10.0. The third-order valence-corrected chi connectivity index (χ3v) is 4.94. The monoisotopic (exact) mass is 378 g/mol. The summed E-state index contributed by atoms with van der Waals surface area (Å²) in [5, 5.41) is 19.6. The maximum absolute atomic E-state index is 12.6. The van der Waals surface area contributed by atoms with Crippen LogP contribution in [0.2, 0.25) is 0 Å². The van der Waals surface area contributed by atoms with Gasteiger partial charge in [-0.3, -0.25) is 19.6 Å². The number of hydrogen-bond acceptors (Lipinski definition) is 6. The number of rotatable bonds is 8. The molecule has 1 aromatic rings. The lowest BCUT2D eigenvalue weighted by Gasteiger charge is -2.32. The van der Waals surface area contributed by atoms with Gasteiger partial charge in [0.2, 0.25) is 0 Å². The van der Waals surface area contributed by atoms with Crippen molar-refractivity contribution < 1.29 is 29.5 Å². The molecule has 1 fully saturated rings. The van der Waals surface area contributed by atoms with E-state index in [0.717, 1.165) is 18.4 Å². The van der Waals surface area contributed by atoms with Gasteiger partial charge in [-0.1, -0.05) is 43.2 Å². The summed E-state index contributed by atoms with van der Waals surface area (Å²) in [5.41, 5.74) is 2.45. The van der Waals surface area contributed by atoms with Crippen molar-refractivity contribution in [3.05, 3.63) is 35.9 Å². The summed E-state index contributed by atoms with van der Waals surface area (Å²) in [6.07, 6.45) is 2.64. The first-order valence-electron chi connectivity index (χ1n) is 9.17. The minimum Gasteiger partial charge on any atom is -0.481 e. The average Bonchev–Trinajstić information content (AvgIpc) is 2.70. The molecule has 0 aromatic heterocycles. The number of carboxylic acids is 1. The zero-order valence-electron chi connectivity index (χ0n) is 15.3. The fraction of sp³-hybridized carbons (Fsp3) is 0.526. The van der Waals surface area contributed by atoms with Gasteiger partial charge < -0.3 is 9.94 Å². The van der Waals surface area contributed by atoms with Crippen LogP contribution in [-0.2, 0) is 25.6 Å². The van der Waals surface area contributed by atoms with Crippen LogP contribution in [0.3, 0.4) is 0 Å². The van der Waals surface area contributed by atoms with E-state index in [2.05, 4.69) is 0 Å². The molecule has 148 valence electrons. The molecule has 0 saturated heterocycles. The van der Waals surface area contributed by atoms with Crippen molar-refractivity contribution in [1.29, 1.82) is 0 Å². The predicted octanol–water partition coefficient (Wildman–Crippen LogP) is 1.77. The highest BCUT2D eigenvalue weighted by atomic mass is 16.7. The number of aliphatic carboxylic acids is 1. The van der Waals surface area contributed by atoms with E-state index < -0.39 is 35.7 Å². The molecular weight excluding hydrogens is 352 g/mol. The molecule has 0 spiro atoms. The molecule has 1 unspecified atom stereocenters. The van der Waals surface area contributed by atoms with Crippen LogP contribution in [0.5, 0.6) is 0 Å². The van der Waals surface area contributed by atoms with Crippen LogP contribution >= 0.6 is 0 Å². The third kappa shape index (κ3) is 5.51. The highest BCUT2D eigenvalue weighted by Gasteiger charge is 2.39. The van der Waals surface area contributed by atoms with E-state index in [1.54, 1.807) is 12.4 Å². The van der Waals surface area contributed by atoms with Gasteiger partial charge >= 0.3 is 11.9 Å². The maximum atomic E-state index is 12.6. The van der Waals surface area contributed by atoms with Crippen LogP contribution in [0.25, 0.3) is 0 Å². The fourth-order valence-electron chi connectivity index (χ4n) is 3.48. The lowest BCUT2D eigenvalue weighted by Crippen LogP contribution is -2.49. The fourth-order valence-corrected chi connectivity index (χ4v) is 3.48. The Hall–Kier alpha value is -2.45. The van der Waals surface area contributed by atoms with E-state index in [4.69, 9.17) is 10.0 Å². The Bertz CT molecular complexity index is 651. The normalized spacial score (nSPS) is 20.7. The summed E-state index contributed by atoms with van der Waals surface area (Å²) >= 11 is 0. The molecule has 1 aliphatic carbocycles. The number of carbonyl (C=O) groups excluding carboxylic acids is 2. The van der Waals surface area contributed by atoms with E-state index in [1.165, 1.54) is 5.06 Å². The minimum absolute atomic E-state index is 0.209. The number of nitrogens with one attached hydrogen (secondary N) is 1. The van der Waals surface area contributed by atoms with Crippen LogP contribution in [0.15, 0.2) is 30.3 Å². The molecule has 0 radical (unpaired) electrons. The first kappa shape index (κ1) is 20.9. The van der Waals surface area contributed by atoms with Gasteiger partial charge in [0.25, 0.3) is 5.91 Å². The molecule has 0 bridgehead atoms. The largest absolute Gasteiger partial charge is 0.481 e. The SMILES string of the molecule is CCN(OC(=O)[C@@H]1CCCC[C@H]1C(=O)O)C(Cc1ccccc1)C(=O)NO. The Kier molecular flexibility index (Phi) is 7.75. The molecule has 1 saturated carbocycles. The third-order valence-electron chi connectivity index (χ3n) is 4.94. The maximum Gasteiger partial charge on any atom is 0.329 e. The van der Waals surface area contributed by atoms with E-state index in [9.17, 15) is 19.5 Å². The van der Waals surface area contributed by atoms with Gasteiger partial charge in [0.15, 0.2) is 0 Å². The predicted molar refractivity (Wildman–Crippen MR) is 95.4 cm³/mol. The van der Waals surface area contributed by atoms with Crippen molar-refractivity contribution in [2.75, 3.05) is 6.54 Å². The highest BCUT2D eigenvalue weighted by Crippen LogP contribution is 2.31. The molecule has 0 aliphatic heterocycles. The van der Waals surface area contributed by atoms with Gasteiger partial charge in [0, 0.05) is 13.0 Å². The van der Waals surface area contributed by atoms with Crippen LogP contribution in [-0.4, -0.2) is 45.8 Å². The van der Waals surface area contributed by atoms with Crippen molar-refractivity contribution in [1.82, 2.24) is 10.5 Å². The van der Waals surface area contributed by atoms with Crippen molar-refractivity contribution in [2.45, 2.75) is 45.1 Å². The van der Waals surface area contributed by atoms with Crippen LogP contribution in [0, 0.1) is 11.8 Å². The molecule has 1 aromatic carbocycles. The van der Waals surface area contributed by atoms with Gasteiger partial charge in [0.1, 0.15) is 6.04 Å². The van der Waals surface area contributed by atoms with Crippen LogP contribution in [0.1, 0.15) is 38.2 Å². The first-order valence-corrected chi connectivity index (χ1v) is 9.17. The number of amides is 1. The topological polar surface area (TPSA) is 116 Å². The summed E-state index contributed by atoms with van der Waals surface area (Å²) in [6, 6.07) is 8.22. The minimum atomic E-state index is -1.01. The summed E-state index contributed by atoms with van der Waals surface area (Å²) in [7, 11) is 0. The Balaban J connectivity index is 2.14. The number of carbonyl (C=O) groups is 3. The number of hydroxylamine groups is 3. The van der Waals surface area contributed by atoms with Crippen molar-refractivity contribution >= 4 is 17.8 Å². The highest BCUT2D eigenvalue weighted by molar-refractivity contribution is 5.83. The Labute approximate surface area is 158 Å². The number of likely N-dealkylation sites (N-methyl/N-ethyl adjacent to an activating group) is 1. The van der Waals surface area contributed by atoms with Crippen LogP contribution < -0.4 is 5.48 Å². The van der Waals surface area contributed by atoms with E-state index in [1.807, 2.05) is 30.3 Å². The summed E-state index contributed by atoms with van der Waals surface area (Å²) < 4.78 is 0. The molecule has 0 heterocycles. The van der Waals surface area contributed by atoms with Gasteiger partial charge in [-0.15, -0.1) is 5.06 Å². The van der Waals surface area contributed by atoms with Crippen molar-refractivity contribution in [3.63, 3.8) is 0 Å². The molecule has 8 heteroatoms. The molecule has 1 aliphatic rings. The quantitative estimate of drug-likeness (QED) is 0.466. The molecule has 3 atom stereocenters. The summed E-state index contributed by atoms with van der Waals surface area (Å²) in [6.45, 7) is 1.92. The Morgan fingerprint density at radius 2 is 1.81 bits per heavy atom. The number of nitrogens with zero attached hydrogens (tertiary/aromatic N) is 1. The molecular formula is C19H26N2O6. The summed E-state index contributed by atoms with van der Waals surface area (Å²) in [4.78, 5) is 41.7. The van der Waals surface area contributed by atoms with E-state index in [-0.39, 0.29) is 13.0 Å². The van der Waals surface area contributed by atoms with Gasteiger partial charge in [0.05, 0.1) is 11.8 Å². The number of carboxylic acid groups (broad SMARTS) is 1.